The molecule has 2 aromatic carbocycles. The summed E-state index contributed by atoms with van der Waals surface area (Å²) in [6, 6.07) is 9.63. The highest BCUT2D eigenvalue weighted by molar-refractivity contribution is 6.02. The van der Waals surface area contributed by atoms with Gasteiger partial charge in [0.05, 0.1) is 25.1 Å². The van der Waals surface area contributed by atoms with Gasteiger partial charge in [0.25, 0.3) is 0 Å². The smallest absolute Gasteiger partial charge is 0.248 e. The van der Waals surface area contributed by atoms with Gasteiger partial charge in [0.15, 0.2) is 17.3 Å². The molecule has 0 aliphatic heterocycles. The van der Waals surface area contributed by atoms with Crippen molar-refractivity contribution < 1.29 is 18.7 Å². The van der Waals surface area contributed by atoms with E-state index in [1.54, 1.807) is 32.2 Å². The number of unbranched alkanes of at least 4 members (excludes halogenated alkanes) is 1. The average molecular weight is 425 g/mol. The number of ether oxygens (including phenoxy) is 2. The third-order valence-corrected chi connectivity index (χ3v) is 4.45. The van der Waals surface area contributed by atoms with Crippen LogP contribution in [0.4, 0.5) is 10.1 Å². The molecule has 0 atom stereocenters. The van der Waals surface area contributed by atoms with Gasteiger partial charge in [-0.2, -0.15) is 4.68 Å². The first kappa shape index (κ1) is 21.9. The van der Waals surface area contributed by atoms with E-state index in [9.17, 15) is 9.18 Å². The summed E-state index contributed by atoms with van der Waals surface area (Å²) in [6.07, 6.45) is 4.93. The zero-order valence-electron chi connectivity index (χ0n) is 17.6. The van der Waals surface area contributed by atoms with Crippen molar-refractivity contribution in [2.75, 3.05) is 19.0 Å². The Morgan fingerprint density at radius 1 is 1.23 bits per heavy atom. The highest BCUT2D eigenvalue weighted by atomic mass is 19.1. The number of nitrogens with one attached hydrogen (secondary N) is 1. The predicted octanol–water partition coefficient (Wildman–Crippen LogP) is 3.95. The summed E-state index contributed by atoms with van der Waals surface area (Å²) >= 11 is 0. The van der Waals surface area contributed by atoms with E-state index in [1.165, 1.54) is 29.0 Å². The molecular weight excluding hydrogens is 401 g/mol. The second-order valence-corrected chi connectivity index (χ2v) is 6.74. The van der Waals surface area contributed by atoms with Gasteiger partial charge in [-0.15, -0.1) is 5.10 Å². The monoisotopic (exact) mass is 425 g/mol. The molecule has 0 saturated heterocycles. The quantitative estimate of drug-likeness (QED) is 0.412. The van der Waals surface area contributed by atoms with Crippen molar-refractivity contribution in [2.45, 2.75) is 26.7 Å². The molecule has 162 valence electrons. The maximum Gasteiger partial charge on any atom is 0.248 e. The number of nitrogens with zero attached hydrogens (tertiary/aromatic N) is 4. The highest BCUT2D eigenvalue weighted by Crippen LogP contribution is 2.29. The van der Waals surface area contributed by atoms with Gasteiger partial charge in [-0.1, -0.05) is 19.4 Å². The number of aromatic nitrogens is 4. The summed E-state index contributed by atoms with van der Waals surface area (Å²) in [4.78, 5) is 12.3. The molecule has 0 unspecified atom stereocenters. The van der Waals surface area contributed by atoms with Crippen molar-refractivity contribution >= 4 is 17.7 Å². The third kappa shape index (κ3) is 5.65. The second kappa shape index (κ2) is 10.3. The maximum atomic E-state index is 14.2. The van der Waals surface area contributed by atoms with E-state index in [2.05, 4.69) is 27.8 Å². The van der Waals surface area contributed by atoms with Crippen molar-refractivity contribution in [3.05, 3.63) is 59.7 Å². The molecule has 9 heteroatoms. The molecule has 3 rings (SSSR count). The molecule has 1 amide bonds. The van der Waals surface area contributed by atoms with E-state index in [4.69, 9.17) is 9.47 Å². The molecule has 0 saturated carbocycles. The molecule has 0 radical (unpaired) electrons. The molecule has 0 bridgehead atoms. The number of halogens is 1. The van der Waals surface area contributed by atoms with E-state index in [-0.39, 0.29) is 5.69 Å². The second-order valence-electron chi connectivity index (χ2n) is 6.74. The fourth-order valence-electron chi connectivity index (χ4n) is 2.79. The van der Waals surface area contributed by atoms with Gasteiger partial charge in [0.2, 0.25) is 5.91 Å². The van der Waals surface area contributed by atoms with Crippen LogP contribution in [0.1, 0.15) is 31.2 Å². The molecule has 1 aromatic heterocycles. The van der Waals surface area contributed by atoms with Gasteiger partial charge in [0.1, 0.15) is 5.82 Å². The van der Waals surface area contributed by atoms with Crippen LogP contribution in [0.3, 0.4) is 0 Å². The van der Waals surface area contributed by atoms with Crippen LogP contribution >= 0.6 is 0 Å². The number of carbonyl (C=O) groups excluding carboxylic acids is 1. The summed E-state index contributed by atoms with van der Waals surface area (Å²) in [5, 5.41) is 13.7. The number of anilines is 1. The Morgan fingerprint density at radius 3 is 2.77 bits per heavy atom. The first-order chi connectivity index (χ1) is 15.0. The maximum absolute atomic E-state index is 14.2. The van der Waals surface area contributed by atoms with Crippen LogP contribution in [0.15, 0.2) is 42.5 Å². The molecule has 0 spiro atoms. The first-order valence-corrected chi connectivity index (χ1v) is 9.86. The fourth-order valence-corrected chi connectivity index (χ4v) is 2.79. The molecule has 31 heavy (non-hydrogen) atoms. The first-order valence-electron chi connectivity index (χ1n) is 9.86. The van der Waals surface area contributed by atoms with Crippen molar-refractivity contribution in [2.24, 2.45) is 0 Å². The standard InChI is InChI=1S/C22H24FN5O3/c1-4-5-12-31-20-10-6-16(13-21(20)30-3)7-11-22(29)24-19-14-17(8-9-18(19)23)28-15(2)25-26-27-28/h6-11,13-14H,4-5,12H2,1-3H3,(H,24,29)/b11-7+. The van der Waals surface area contributed by atoms with Gasteiger partial charge in [0, 0.05) is 6.08 Å². The van der Waals surface area contributed by atoms with Crippen LogP contribution < -0.4 is 14.8 Å². The SMILES string of the molecule is CCCCOc1ccc(/C=C/C(=O)Nc2cc(-n3nnnc3C)ccc2F)cc1OC. The lowest BCUT2D eigenvalue weighted by atomic mass is 10.2. The van der Waals surface area contributed by atoms with Gasteiger partial charge in [-0.05, 0) is 65.7 Å². The predicted molar refractivity (Wildman–Crippen MR) is 115 cm³/mol. The van der Waals surface area contributed by atoms with E-state index in [0.29, 0.717) is 29.6 Å². The lowest BCUT2D eigenvalue weighted by molar-refractivity contribution is -0.111. The Bertz CT molecular complexity index is 1080. The number of carbonyl (C=O) groups is 1. The number of tetrazole rings is 1. The molecule has 0 fully saturated rings. The number of amides is 1. The fraction of sp³-hybridized carbons (Fsp3) is 0.273. The van der Waals surface area contributed by atoms with Gasteiger partial charge < -0.3 is 14.8 Å². The van der Waals surface area contributed by atoms with E-state index >= 15 is 0 Å². The topological polar surface area (TPSA) is 91.2 Å². The largest absolute Gasteiger partial charge is 0.493 e. The summed E-state index contributed by atoms with van der Waals surface area (Å²) in [6.45, 7) is 4.42. The summed E-state index contributed by atoms with van der Waals surface area (Å²) in [5.41, 5.74) is 1.30. The molecule has 8 nitrogen and oxygen atoms in total. The Kier molecular flexibility index (Phi) is 7.31. The van der Waals surface area contributed by atoms with Crippen LogP contribution in [0.2, 0.25) is 0 Å². The number of aryl methyl sites for hydroxylation is 1. The van der Waals surface area contributed by atoms with Crippen LogP contribution in [0, 0.1) is 12.7 Å². The van der Waals surface area contributed by atoms with E-state index in [1.807, 2.05) is 6.07 Å². The minimum atomic E-state index is -0.563. The van der Waals surface area contributed by atoms with Crippen LogP contribution in [0.25, 0.3) is 11.8 Å². The van der Waals surface area contributed by atoms with Crippen molar-refractivity contribution in [3.63, 3.8) is 0 Å². The summed E-state index contributed by atoms with van der Waals surface area (Å²) in [5.74, 6) is 0.724. The van der Waals surface area contributed by atoms with Gasteiger partial charge in [-0.25, -0.2) is 4.39 Å². The van der Waals surface area contributed by atoms with Crippen molar-refractivity contribution in [1.29, 1.82) is 0 Å². The third-order valence-electron chi connectivity index (χ3n) is 4.45. The Balaban J connectivity index is 1.70. The van der Waals surface area contributed by atoms with Crippen LogP contribution in [-0.4, -0.2) is 39.8 Å². The minimum Gasteiger partial charge on any atom is -0.493 e. The van der Waals surface area contributed by atoms with Gasteiger partial charge >= 0.3 is 0 Å². The zero-order valence-corrected chi connectivity index (χ0v) is 17.6. The van der Waals surface area contributed by atoms with Crippen LogP contribution in [0.5, 0.6) is 11.5 Å². The molecule has 0 aliphatic carbocycles. The van der Waals surface area contributed by atoms with Crippen molar-refractivity contribution in [3.8, 4) is 17.2 Å². The van der Waals surface area contributed by atoms with Gasteiger partial charge in [-0.3, -0.25) is 4.79 Å². The number of methoxy groups -OCH3 is 1. The molecular formula is C22H24FN5O3. The van der Waals surface area contributed by atoms with E-state index < -0.39 is 11.7 Å². The van der Waals surface area contributed by atoms with Crippen molar-refractivity contribution in [1.82, 2.24) is 20.2 Å². The number of hydrogen-bond donors (Lipinski definition) is 1. The average Bonchev–Trinajstić information content (AvgIpc) is 3.20. The molecule has 1 heterocycles. The molecule has 1 N–H and O–H groups in total. The van der Waals surface area contributed by atoms with E-state index in [0.717, 1.165) is 18.4 Å². The molecule has 0 aliphatic rings. The van der Waals surface area contributed by atoms with Crippen LogP contribution in [-0.2, 0) is 4.79 Å². The Labute approximate surface area is 179 Å². The Hall–Kier alpha value is -3.75. The normalized spacial score (nSPS) is 11.0. The minimum absolute atomic E-state index is 0.0271. The summed E-state index contributed by atoms with van der Waals surface area (Å²) < 4.78 is 26.7. The Morgan fingerprint density at radius 2 is 2.06 bits per heavy atom. The number of rotatable bonds is 9. The zero-order chi connectivity index (χ0) is 22.2. The number of hydrogen-bond acceptors (Lipinski definition) is 6. The highest BCUT2D eigenvalue weighted by Gasteiger charge is 2.10. The lowest BCUT2D eigenvalue weighted by Gasteiger charge is -2.11. The summed E-state index contributed by atoms with van der Waals surface area (Å²) in [7, 11) is 1.56. The number of benzene rings is 2. The lowest BCUT2D eigenvalue weighted by Crippen LogP contribution is -2.10. The molecule has 3 aromatic rings.